The largest absolute Gasteiger partial charge is 0.454 e. The molecule has 1 N–H and O–H groups in total. The van der Waals surface area contributed by atoms with Gasteiger partial charge < -0.3 is 9.72 Å². The lowest BCUT2D eigenvalue weighted by Crippen LogP contribution is -2.14. The Morgan fingerprint density at radius 2 is 1.97 bits per heavy atom. The lowest BCUT2D eigenvalue weighted by atomic mass is 10.1. The van der Waals surface area contributed by atoms with Crippen LogP contribution in [0.25, 0.3) is 31.7 Å². The number of para-hydroxylation sites is 1. The fourth-order valence-corrected chi connectivity index (χ4v) is 5.21. The van der Waals surface area contributed by atoms with Crippen molar-refractivity contribution in [2.24, 2.45) is 0 Å². The predicted molar refractivity (Wildman–Crippen MR) is 124 cm³/mol. The molecular weight excluding hydrogens is 430 g/mol. The van der Waals surface area contributed by atoms with Crippen molar-refractivity contribution < 1.29 is 9.53 Å². The Hall–Kier alpha value is -3.36. The van der Waals surface area contributed by atoms with Crippen LogP contribution in [0.3, 0.4) is 0 Å². The van der Waals surface area contributed by atoms with Gasteiger partial charge in [0, 0.05) is 10.3 Å². The summed E-state index contributed by atoms with van der Waals surface area (Å²) in [5.74, 6) is -0.165. The maximum absolute atomic E-state index is 13.0. The van der Waals surface area contributed by atoms with E-state index >= 15 is 0 Å². The van der Waals surface area contributed by atoms with E-state index < -0.39 is 5.97 Å². The van der Waals surface area contributed by atoms with Gasteiger partial charge in [0.15, 0.2) is 0 Å². The van der Waals surface area contributed by atoms with Crippen molar-refractivity contribution in [3.8, 4) is 10.6 Å². The highest BCUT2D eigenvalue weighted by atomic mass is 32.1. The van der Waals surface area contributed by atoms with Gasteiger partial charge in [-0.1, -0.05) is 24.3 Å². The summed E-state index contributed by atoms with van der Waals surface area (Å²) in [6, 6.07) is 13.1. The Morgan fingerprint density at radius 1 is 1.13 bits per heavy atom. The Balaban J connectivity index is 1.48. The zero-order valence-corrected chi connectivity index (χ0v) is 18.4. The number of thiophene rings is 2. The molecule has 5 aromatic rings. The average molecular weight is 448 g/mol. The second-order valence-electron chi connectivity index (χ2n) is 7.10. The molecule has 1 aromatic carbocycles. The average Bonchev–Trinajstić information content (AvgIpc) is 3.40. The highest BCUT2D eigenvalue weighted by Crippen LogP contribution is 2.29. The van der Waals surface area contributed by atoms with E-state index in [1.807, 2.05) is 55.6 Å². The number of pyridine rings is 1. The Bertz CT molecular complexity index is 1500. The number of benzene rings is 1. The van der Waals surface area contributed by atoms with Gasteiger partial charge >= 0.3 is 5.97 Å². The first-order valence-corrected chi connectivity index (χ1v) is 11.3. The Labute approximate surface area is 185 Å². The summed E-state index contributed by atoms with van der Waals surface area (Å²) in [5.41, 5.74) is 2.59. The lowest BCUT2D eigenvalue weighted by Gasteiger charge is -2.09. The summed E-state index contributed by atoms with van der Waals surface area (Å²) in [6.45, 7) is 3.75. The van der Waals surface area contributed by atoms with Gasteiger partial charge in [-0.05, 0) is 43.0 Å². The Morgan fingerprint density at radius 3 is 2.77 bits per heavy atom. The van der Waals surface area contributed by atoms with Crippen LogP contribution in [0.2, 0.25) is 0 Å². The van der Waals surface area contributed by atoms with Crippen molar-refractivity contribution in [3.05, 3.63) is 80.0 Å². The quantitative estimate of drug-likeness (QED) is 0.381. The minimum Gasteiger partial charge on any atom is -0.454 e. The highest BCUT2D eigenvalue weighted by molar-refractivity contribution is 7.18. The normalized spacial score (nSPS) is 11.3. The number of carbonyl (C=O) groups is 1. The first-order chi connectivity index (χ1) is 15.0. The maximum atomic E-state index is 13.0. The number of hydrogen-bond acceptors (Lipinski definition) is 7. The summed E-state index contributed by atoms with van der Waals surface area (Å²) in [7, 11) is 0. The van der Waals surface area contributed by atoms with Gasteiger partial charge in [0.05, 0.1) is 27.0 Å². The van der Waals surface area contributed by atoms with Crippen LogP contribution in [0.5, 0.6) is 0 Å². The van der Waals surface area contributed by atoms with Gasteiger partial charge in [0.25, 0.3) is 5.56 Å². The summed E-state index contributed by atoms with van der Waals surface area (Å²) in [4.78, 5) is 40.0. The van der Waals surface area contributed by atoms with Gasteiger partial charge in [0.2, 0.25) is 0 Å². The van der Waals surface area contributed by atoms with Gasteiger partial charge in [-0.15, -0.1) is 22.7 Å². The van der Waals surface area contributed by atoms with E-state index in [1.165, 1.54) is 11.3 Å². The van der Waals surface area contributed by atoms with Crippen LogP contribution in [-0.2, 0) is 11.3 Å². The number of nitrogens with one attached hydrogen (secondary N) is 1. The molecule has 0 aliphatic heterocycles. The molecule has 0 amide bonds. The summed E-state index contributed by atoms with van der Waals surface area (Å²) < 4.78 is 5.54. The van der Waals surface area contributed by atoms with Crippen molar-refractivity contribution in [2.75, 3.05) is 0 Å². The zero-order chi connectivity index (χ0) is 21.5. The van der Waals surface area contributed by atoms with E-state index in [9.17, 15) is 9.59 Å². The minimum atomic E-state index is -0.488. The first-order valence-electron chi connectivity index (χ1n) is 9.61. The summed E-state index contributed by atoms with van der Waals surface area (Å²) in [5, 5.41) is 3.28. The molecule has 6 nitrogen and oxygen atoms in total. The molecule has 0 bridgehead atoms. The fraction of sp³-hybridized carbons (Fsp3) is 0.130. The van der Waals surface area contributed by atoms with Crippen LogP contribution in [0.1, 0.15) is 26.6 Å². The number of hydrogen-bond donors (Lipinski definition) is 1. The number of carbonyl (C=O) groups excluding carboxylic acids is 1. The van der Waals surface area contributed by atoms with Gasteiger partial charge in [-0.3, -0.25) is 4.79 Å². The monoisotopic (exact) mass is 447 g/mol. The Kier molecular flexibility index (Phi) is 4.88. The van der Waals surface area contributed by atoms with Crippen molar-refractivity contribution >= 4 is 49.8 Å². The first kappa shape index (κ1) is 19.6. The molecule has 0 fully saturated rings. The van der Waals surface area contributed by atoms with Gasteiger partial charge in [-0.2, -0.15) is 0 Å². The SMILES string of the molecule is Cc1sc2nc(COC(=O)c3cc(-c4cccs4)nc4ccccc34)[nH]c(=O)c2c1C. The second kappa shape index (κ2) is 7.72. The number of esters is 1. The molecule has 0 radical (unpaired) electrons. The molecule has 0 atom stereocenters. The molecule has 0 saturated heterocycles. The fourth-order valence-electron chi connectivity index (χ4n) is 3.47. The maximum Gasteiger partial charge on any atom is 0.339 e. The number of aromatic nitrogens is 3. The molecule has 0 saturated carbocycles. The van der Waals surface area contributed by atoms with Crippen molar-refractivity contribution in [1.29, 1.82) is 0 Å². The van der Waals surface area contributed by atoms with E-state index in [4.69, 9.17) is 4.74 Å². The smallest absolute Gasteiger partial charge is 0.339 e. The van der Waals surface area contributed by atoms with Crippen LogP contribution in [-0.4, -0.2) is 20.9 Å². The lowest BCUT2D eigenvalue weighted by molar-refractivity contribution is 0.0464. The van der Waals surface area contributed by atoms with Crippen molar-refractivity contribution in [2.45, 2.75) is 20.5 Å². The minimum absolute atomic E-state index is 0.120. The molecule has 5 rings (SSSR count). The number of ether oxygens (including phenoxy) is 1. The molecule has 0 spiro atoms. The van der Waals surface area contributed by atoms with E-state index in [1.54, 1.807) is 17.4 Å². The number of rotatable bonds is 4. The predicted octanol–water partition coefficient (Wildman–Crippen LogP) is 5.24. The molecule has 8 heteroatoms. The van der Waals surface area contributed by atoms with E-state index in [2.05, 4.69) is 15.0 Å². The van der Waals surface area contributed by atoms with Gasteiger partial charge in [0.1, 0.15) is 17.3 Å². The molecule has 4 heterocycles. The van der Waals surface area contributed by atoms with E-state index in [-0.39, 0.29) is 12.2 Å². The molecule has 4 aromatic heterocycles. The van der Waals surface area contributed by atoms with Crippen LogP contribution in [0.15, 0.2) is 52.6 Å². The molecular formula is C23H17N3O3S2. The van der Waals surface area contributed by atoms with Crippen LogP contribution in [0.4, 0.5) is 0 Å². The van der Waals surface area contributed by atoms with Crippen LogP contribution < -0.4 is 5.56 Å². The van der Waals surface area contributed by atoms with Crippen molar-refractivity contribution in [3.63, 3.8) is 0 Å². The van der Waals surface area contributed by atoms with Gasteiger partial charge in [-0.25, -0.2) is 14.8 Å². The summed E-state index contributed by atoms with van der Waals surface area (Å²) in [6.07, 6.45) is 0. The van der Waals surface area contributed by atoms with E-state index in [0.717, 1.165) is 26.5 Å². The molecule has 0 aliphatic carbocycles. The second-order valence-corrected chi connectivity index (χ2v) is 9.25. The number of H-pyrrole nitrogens is 1. The number of nitrogens with zero attached hydrogens (tertiary/aromatic N) is 2. The van der Waals surface area contributed by atoms with E-state index in [0.29, 0.717) is 27.0 Å². The molecule has 31 heavy (non-hydrogen) atoms. The topological polar surface area (TPSA) is 84.9 Å². The third-order valence-electron chi connectivity index (χ3n) is 5.14. The number of fused-ring (bicyclic) bond motifs is 2. The van der Waals surface area contributed by atoms with Crippen LogP contribution >= 0.6 is 22.7 Å². The third-order valence-corrected chi connectivity index (χ3v) is 7.13. The molecule has 0 unspecified atom stereocenters. The zero-order valence-electron chi connectivity index (χ0n) is 16.8. The standard InChI is InChI=1S/C23H17N3O3S2/c1-12-13(2)31-22-20(12)21(27)25-19(26-22)11-29-23(28)15-10-17(18-8-5-9-30-18)24-16-7-4-3-6-14(15)16/h3-10H,11H2,1-2H3,(H,25,26,27). The number of aromatic amines is 1. The highest BCUT2D eigenvalue weighted by Gasteiger charge is 2.17. The molecule has 154 valence electrons. The van der Waals surface area contributed by atoms with Crippen LogP contribution in [0, 0.1) is 13.8 Å². The van der Waals surface area contributed by atoms with Crippen molar-refractivity contribution in [1.82, 2.24) is 15.0 Å². The molecule has 0 aliphatic rings. The third kappa shape index (κ3) is 3.54. The number of aryl methyl sites for hydroxylation is 2. The summed E-state index contributed by atoms with van der Waals surface area (Å²) >= 11 is 3.02.